The molecule has 1 heterocycles. The highest BCUT2D eigenvalue weighted by Gasteiger charge is 2.10. The van der Waals surface area contributed by atoms with E-state index in [9.17, 15) is 0 Å². The molecule has 2 aromatic carbocycles. The van der Waals surface area contributed by atoms with Gasteiger partial charge in [0.05, 0.1) is 23.2 Å². The predicted octanol–water partition coefficient (Wildman–Crippen LogP) is 3.54. The van der Waals surface area contributed by atoms with E-state index in [1.807, 2.05) is 30.3 Å². The van der Waals surface area contributed by atoms with Gasteiger partial charge in [-0.1, -0.05) is 23.7 Å². The molecule has 0 radical (unpaired) electrons. The van der Waals surface area contributed by atoms with Crippen LogP contribution in [0.3, 0.4) is 0 Å². The number of anilines is 1. The molecule has 0 saturated carbocycles. The highest BCUT2D eigenvalue weighted by atomic mass is 35.5. The van der Waals surface area contributed by atoms with Gasteiger partial charge in [0, 0.05) is 5.56 Å². The van der Waals surface area contributed by atoms with Gasteiger partial charge in [-0.25, -0.2) is 9.97 Å². The molecule has 3 aromatic rings. The minimum atomic E-state index is 0.380. The van der Waals surface area contributed by atoms with Crippen LogP contribution in [0, 0.1) is 0 Å². The first-order chi connectivity index (χ1) is 9.69. The van der Waals surface area contributed by atoms with E-state index >= 15 is 0 Å². The fourth-order valence-corrected chi connectivity index (χ4v) is 2.30. The summed E-state index contributed by atoms with van der Waals surface area (Å²) in [5.74, 6) is 0.993. The van der Waals surface area contributed by atoms with Crippen LogP contribution in [0.1, 0.15) is 0 Å². The molecule has 0 spiro atoms. The molecule has 0 aliphatic rings. The summed E-state index contributed by atoms with van der Waals surface area (Å²) < 4.78 is 5.14. The molecule has 4 nitrogen and oxygen atoms in total. The lowest BCUT2D eigenvalue weighted by molar-refractivity contribution is 0.415. The molecule has 0 aliphatic carbocycles. The maximum Gasteiger partial charge on any atom is 0.150 e. The van der Waals surface area contributed by atoms with E-state index in [0.717, 1.165) is 16.6 Å². The molecular formula is C15H12ClN3O. The molecule has 0 bridgehead atoms. The lowest BCUT2D eigenvalue weighted by atomic mass is 10.1. The number of ether oxygens (including phenoxy) is 1. The van der Waals surface area contributed by atoms with E-state index in [1.54, 1.807) is 19.2 Å². The number of nitrogens with zero attached hydrogens (tertiary/aromatic N) is 2. The third kappa shape index (κ3) is 2.14. The lowest BCUT2D eigenvalue weighted by Gasteiger charge is -2.08. The van der Waals surface area contributed by atoms with Gasteiger partial charge < -0.3 is 10.5 Å². The van der Waals surface area contributed by atoms with Crippen LogP contribution in [0.2, 0.25) is 5.02 Å². The quantitative estimate of drug-likeness (QED) is 0.782. The zero-order valence-corrected chi connectivity index (χ0v) is 11.6. The molecule has 0 aliphatic heterocycles. The van der Waals surface area contributed by atoms with E-state index in [2.05, 4.69) is 9.97 Å². The molecule has 1 aromatic heterocycles. The van der Waals surface area contributed by atoms with Crippen molar-refractivity contribution in [3.8, 4) is 17.0 Å². The Morgan fingerprint density at radius 3 is 2.40 bits per heavy atom. The zero-order chi connectivity index (χ0) is 14.1. The number of benzene rings is 2. The summed E-state index contributed by atoms with van der Waals surface area (Å²) in [7, 11) is 1.57. The Balaban J connectivity index is 2.18. The Labute approximate surface area is 121 Å². The molecule has 0 saturated heterocycles. The normalized spacial score (nSPS) is 10.7. The van der Waals surface area contributed by atoms with Gasteiger partial charge in [-0.05, 0) is 30.3 Å². The van der Waals surface area contributed by atoms with Crippen molar-refractivity contribution in [2.24, 2.45) is 0 Å². The third-order valence-corrected chi connectivity index (χ3v) is 3.32. The van der Waals surface area contributed by atoms with Crippen LogP contribution in [-0.2, 0) is 0 Å². The van der Waals surface area contributed by atoms with Crippen molar-refractivity contribution in [3.05, 3.63) is 47.5 Å². The number of methoxy groups -OCH3 is 1. The van der Waals surface area contributed by atoms with Crippen molar-refractivity contribution in [2.45, 2.75) is 0 Å². The zero-order valence-electron chi connectivity index (χ0n) is 10.8. The molecule has 20 heavy (non-hydrogen) atoms. The molecule has 5 heteroatoms. The number of halogens is 1. The molecule has 0 atom stereocenters. The summed E-state index contributed by atoms with van der Waals surface area (Å²) in [4.78, 5) is 8.92. The van der Waals surface area contributed by atoms with Crippen molar-refractivity contribution in [1.82, 2.24) is 9.97 Å². The smallest absolute Gasteiger partial charge is 0.150 e. The second-order valence-corrected chi connectivity index (χ2v) is 4.70. The van der Waals surface area contributed by atoms with Crippen LogP contribution in [0.4, 0.5) is 5.82 Å². The van der Waals surface area contributed by atoms with E-state index in [-0.39, 0.29) is 0 Å². The highest BCUT2D eigenvalue weighted by molar-refractivity contribution is 6.32. The molecule has 0 unspecified atom stereocenters. The number of nitrogens with two attached hydrogens (primary N) is 1. The van der Waals surface area contributed by atoms with Crippen molar-refractivity contribution >= 4 is 28.5 Å². The number of para-hydroxylation sites is 2. The molecule has 100 valence electrons. The summed E-state index contributed by atoms with van der Waals surface area (Å²) in [6.07, 6.45) is 0. The molecule has 0 fully saturated rings. The molecular weight excluding hydrogens is 274 g/mol. The summed E-state index contributed by atoms with van der Waals surface area (Å²) >= 11 is 6.14. The van der Waals surface area contributed by atoms with Gasteiger partial charge in [-0.3, -0.25) is 0 Å². The molecule has 0 amide bonds. The van der Waals surface area contributed by atoms with Crippen LogP contribution in [0.5, 0.6) is 5.75 Å². The molecule has 2 N–H and O–H groups in total. The fraction of sp³-hybridized carbons (Fsp3) is 0.0667. The van der Waals surface area contributed by atoms with E-state index in [4.69, 9.17) is 22.1 Å². The molecule has 3 rings (SSSR count). The maximum atomic E-state index is 6.14. The van der Waals surface area contributed by atoms with Crippen LogP contribution in [0.25, 0.3) is 22.3 Å². The van der Waals surface area contributed by atoms with Crippen LogP contribution in [0.15, 0.2) is 42.5 Å². The standard InChI is InChI=1S/C15H12ClN3O/c1-20-13-7-6-9(8-10(13)16)14-15(17)19-12-5-3-2-4-11(12)18-14/h2-8H,1H3,(H2,17,19). The Kier molecular flexibility index (Phi) is 3.16. The number of hydrogen-bond donors (Lipinski definition) is 1. The number of nitrogen functional groups attached to an aromatic ring is 1. The summed E-state index contributed by atoms with van der Waals surface area (Å²) in [6.45, 7) is 0. The summed E-state index contributed by atoms with van der Waals surface area (Å²) in [5.41, 5.74) is 8.99. The summed E-state index contributed by atoms with van der Waals surface area (Å²) in [6, 6.07) is 13.0. The predicted molar refractivity (Wildman–Crippen MR) is 80.9 cm³/mol. The van der Waals surface area contributed by atoms with Gasteiger partial charge in [-0.15, -0.1) is 0 Å². The minimum Gasteiger partial charge on any atom is -0.495 e. The van der Waals surface area contributed by atoms with Gasteiger partial charge in [0.25, 0.3) is 0 Å². The van der Waals surface area contributed by atoms with E-state index in [1.165, 1.54) is 0 Å². The average Bonchev–Trinajstić information content (AvgIpc) is 2.46. The van der Waals surface area contributed by atoms with Crippen molar-refractivity contribution < 1.29 is 4.74 Å². The maximum absolute atomic E-state index is 6.14. The monoisotopic (exact) mass is 285 g/mol. The van der Waals surface area contributed by atoms with Crippen LogP contribution in [-0.4, -0.2) is 17.1 Å². The van der Waals surface area contributed by atoms with Gasteiger partial charge in [0.15, 0.2) is 5.82 Å². The first-order valence-electron chi connectivity index (χ1n) is 6.05. The van der Waals surface area contributed by atoms with Crippen molar-refractivity contribution in [3.63, 3.8) is 0 Å². The number of aromatic nitrogens is 2. The number of rotatable bonds is 2. The third-order valence-electron chi connectivity index (χ3n) is 3.02. The Morgan fingerprint density at radius 1 is 1.05 bits per heavy atom. The highest BCUT2D eigenvalue weighted by Crippen LogP contribution is 2.31. The summed E-state index contributed by atoms with van der Waals surface area (Å²) in [5, 5.41) is 0.513. The number of hydrogen-bond acceptors (Lipinski definition) is 4. The van der Waals surface area contributed by atoms with Gasteiger partial charge in [0.2, 0.25) is 0 Å². The first-order valence-corrected chi connectivity index (χ1v) is 6.43. The number of fused-ring (bicyclic) bond motifs is 1. The Hall–Kier alpha value is -2.33. The Morgan fingerprint density at radius 2 is 1.75 bits per heavy atom. The first kappa shape index (κ1) is 12.7. The van der Waals surface area contributed by atoms with Crippen LogP contribution < -0.4 is 10.5 Å². The van der Waals surface area contributed by atoms with Crippen molar-refractivity contribution in [2.75, 3.05) is 12.8 Å². The van der Waals surface area contributed by atoms with Crippen molar-refractivity contribution in [1.29, 1.82) is 0 Å². The van der Waals surface area contributed by atoms with Gasteiger partial charge >= 0.3 is 0 Å². The topological polar surface area (TPSA) is 61.0 Å². The SMILES string of the molecule is COc1ccc(-c2nc3ccccc3nc2N)cc1Cl. The van der Waals surface area contributed by atoms with E-state index < -0.39 is 0 Å². The lowest BCUT2D eigenvalue weighted by Crippen LogP contribution is -1.98. The minimum absolute atomic E-state index is 0.380. The van der Waals surface area contributed by atoms with Gasteiger partial charge in [-0.2, -0.15) is 0 Å². The second kappa shape index (κ2) is 4.98. The second-order valence-electron chi connectivity index (χ2n) is 4.30. The van der Waals surface area contributed by atoms with Crippen LogP contribution >= 0.6 is 11.6 Å². The van der Waals surface area contributed by atoms with Gasteiger partial charge in [0.1, 0.15) is 11.4 Å². The average molecular weight is 286 g/mol. The largest absolute Gasteiger partial charge is 0.495 e. The fourth-order valence-electron chi connectivity index (χ4n) is 2.04. The Bertz CT molecular complexity index is 789. The van der Waals surface area contributed by atoms with E-state index in [0.29, 0.717) is 22.3 Å².